The van der Waals surface area contributed by atoms with Gasteiger partial charge in [0.2, 0.25) is 0 Å². The molecule has 12 rings (SSSR count). The second-order valence-corrected chi connectivity index (χ2v) is 20.2. The van der Waals surface area contributed by atoms with Crippen molar-refractivity contribution in [2.24, 2.45) is 0 Å². The number of rotatable bonds is 8. The summed E-state index contributed by atoms with van der Waals surface area (Å²) in [4.78, 5) is 0. The van der Waals surface area contributed by atoms with Gasteiger partial charge in [0.25, 0.3) is 0 Å². The largest absolute Gasteiger partial charge is 0.309 e. The second-order valence-electron chi connectivity index (χ2n) is 16.5. The predicted octanol–water partition coefficient (Wildman–Crippen LogP) is 12.6. The number of hydrogen-bond acceptors (Lipinski definition) is 0. The lowest BCUT2D eigenvalue weighted by Gasteiger charge is -2.35. The summed E-state index contributed by atoms with van der Waals surface area (Å²) in [5, 5.41) is 10.4. The highest BCUT2D eigenvalue weighted by Crippen LogP contribution is 2.38. The Morgan fingerprint density at radius 3 is 1.32 bits per heavy atom. The Bertz CT molecular complexity index is 3510. The first-order valence-corrected chi connectivity index (χ1v) is 23.8. The van der Waals surface area contributed by atoms with Crippen molar-refractivity contribution in [3.8, 4) is 33.6 Å². The van der Waals surface area contributed by atoms with Gasteiger partial charge in [0.15, 0.2) is 8.07 Å². The van der Waals surface area contributed by atoms with E-state index in [0.717, 1.165) is 11.4 Å². The van der Waals surface area contributed by atoms with Crippen LogP contribution >= 0.6 is 0 Å². The third kappa shape index (κ3) is 5.93. The van der Waals surface area contributed by atoms with Gasteiger partial charge in [-0.1, -0.05) is 212 Å². The fourth-order valence-electron chi connectivity index (χ4n) is 10.3. The number of nitrogens with zero attached hydrogens (tertiary/aromatic N) is 2. The molecule has 2 aromatic heterocycles. The number of aromatic nitrogens is 2. The van der Waals surface area contributed by atoms with E-state index < -0.39 is 8.07 Å². The quantitative estimate of drug-likeness (QED) is 0.107. The first-order chi connectivity index (χ1) is 31.3. The van der Waals surface area contributed by atoms with E-state index in [1.807, 2.05) is 0 Å². The molecule has 0 amide bonds. The zero-order valence-corrected chi connectivity index (χ0v) is 35.6. The molecule has 0 bridgehead atoms. The van der Waals surface area contributed by atoms with Crippen LogP contribution in [0.1, 0.15) is 0 Å². The Balaban J connectivity index is 1.13. The minimum Gasteiger partial charge on any atom is -0.309 e. The van der Waals surface area contributed by atoms with Crippen LogP contribution in [0.25, 0.3) is 77.2 Å². The molecule has 0 saturated carbocycles. The Labute approximate surface area is 368 Å². The van der Waals surface area contributed by atoms with Crippen molar-refractivity contribution in [1.82, 2.24) is 9.13 Å². The molecule has 296 valence electrons. The number of fused-ring (bicyclic) bond motifs is 6. The van der Waals surface area contributed by atoms with E-state index in [2.05, 4.69) is 264 Å². The van der Waals surface area contributed by atoms with Crippen molar-refractivity contribution in [2.45, 2.75) is 0 Å². The molecule has 2 nitrogen and oxygen atoms in total. The fourth-order valence-corrected chi connectivity index (χ4v) is 15.3. The maximum atomic E-state index is 2.56. The van der Waals surface area contributed by atoms with E-state index in [1.54, 1.807) is 0 Å². The molecule has 63 heavy (non-hydrogen) atoms. The van der Waals surface area contributed by atoms with Crippen LogP contribution in [-0.2, 0) is 0 Å². The summed E-state index contributed by atoms with van der Waals surface area (Å²) < 4.78 is 5.02. The summed E-state index contributed by atoms with van der Waals surface area (Å²) in [6.45, 7) is 0. The van der Waals surface area contributed by atoms with Gasteiger partial charge in [-0.25, -0.2) is 0 Å². The van der Waals surface area contributed by atoms with Crippen LogP contribution < -0.4 is 20.7 Å². The van der Waals surface area contributed by atoms with Gasteiger partial charge in [0.1, 0.15) is 0 Å². The van der Waals surface area contributed by atoms with Crippen LogP contribution in [0.2, 0.25) is 0 Å². The van der Waals surface area contributed by atoms with Crippen molar-refractivity contribution in [1.29, 1.82) is 0 Å². The standard InChI is InChI=1S/C60H42N2Si/c1-5-20-43(21-6-1)44-22-17-23-45(40-44)46-24-18-25-47(41-46)61-56-35-15-13-32-52(56)54-39-38-48(42-58(54)61)62-57-36-16-14-33-53(57)55-34-19-37-59(60(55)62)63(49-26-7-2-8-27-49,50-28-9-3-10-29-50)51-30-11-4-12-31-51/h1-42H. The minimum absolute atomic E-state index is 1.13. The van der Waals surface area contributed by atoms with Gasteiger partial charge in [-0.15, -0.1) is 0 Å². The summed E-state index contributed by atoms with van der Waals surface area (Å²) in [5.74, 6) is 0. The van der Waals surface area contributed by atoms with Gasteiger partial charge in [-0.3, -0.25) is 0 Å². The lowest BCUT2D eigenvalue weighted by atomic mass is 9.99. The van der Waals surface area contributed by atoms with Crippen molar-refractivity contribution in [3.05, 3.63) is 255 Å². The van der Waals surface area contributed by atoms with Crippen LogP contribution in [0.5, 0.6) is 0 Å². The molecular weight excluding hydrogens is 777 g/mol. The summed E-state index contributed by atoms with van der Waals surface area (Å²) in [6, 6.07) is 94.3. The topological polar surface area (TPSA) is 9.86 Å². The first-order valence-electron chi connectivity index (χ1n) is 21.8. The number of hydrogen-bond donors (Lipinski definition) is 0. The first kappa shape index (κ1) is 36.8. The average Bonchev–Trinajstić information content (AvgIpc) is 3.89. The molecule has 3 heteroatoms. The lowest BCUT2D eigenvalue weighted by Crippen LogP contribution is -2.75. The fraction of sp³-hybridized carbons (Fsp3) is 0. The van der Waals surface area contributed by atoms with Gasteiger partial charge < -0.3 is 9.13 Å². The molecule has 0 unspecified atom stereocenters. The SMILES string of the molecule is c1ccc(-c2cccc(-c3cccc(-n4c5ccccc5c5ccc(-n6c7ccccc7c7cccc([Si](c8ccccc8)(c8ccccc8)c8ccccc8)c76)cc54)c3)c2)cc1. The van der Waals surface area contributed by atoms with Gasteiger partial charge in [-0.05, 0) is 85.5 Å². The summed E-state index contributed by atoms with van der Waals surface area (Å²) in [7, 11) is -2.93. The van der Waals surface area contributed by atoms with E-state index in [9.17, 15) is 0 Å². The van der Waals surface area contributed by atoms with Crippen LogP contribution in [0, 0.1) is 0 Å². The lowest BCUT2D eigenvalue weighted by molar-refractivity contribution is 1.16. The predicted molar refractivity (Wildman–Crippen MR) is 270 cm³/mol. The minimum atomic E-state index is -2.93. The average molecular weight is 819 g/mol. The highest BCUT2D eigenvalue weighted by Gasteiger charge is 2.43. The Morgan fingerprint density at radius 1 is 0.254 bits per heavy atom. The summed E-state index contributed by atoms with van der Waals surface area (Å²) in [5.41, 5.74) is 11.9. The summed E-state index contributed by atoms with van der Waals surface area (Å²) >= 11 is 0. The molecule has 12 aromatic rings. The maximum Gasteiger partial charge on any atom is 0.181 e. The Morgan fingerprint density at radius 2 is 0.683 bits per heavy atom. The monoisotopic (exact) mass is 818 g/mol. The molecule has 0 fully saturated rings. The molecule has 0 radical (unpaired) electrons. The molecule has 0 aliphatic rings. The van der Waals surface area contributed by atoms with Crippen molar-refractivity contribution >= 4 is 72.4 Å². The Kier molecular flexibility index (Phi) is 8.87. The van der Waals surface area contributed by atoms with E-state index in [0.29, 0.717) is 0 Å². The van der Waals surface area contributed by atoms with Crippen molar-refractivity contribution < 1.29 is 0 Å². The van der Waals surface area contributed by atoms with E-state index in [4.69, 9.17) is 0 Å². The maximum absolute atomic E-state index is 2.93. The van der Waals surface area contributed by atoms with Crippen LogP contribution in [0.3, 0.4) is 0 Å². The second kappa shape index (κ2) is 15.2. The molecule has 0 atom stereocenters. The smallest absolute Gasteiger partial charge is 0.181 e. The highest BCUT2D eigenvalue weighted by molar-refractivity contribution is 7.20. The highest BCUT2D eigenvalue weighted by atomic mass is 28.3. The number of benzene rings is 10. The molecule has 2 heterocycles. The molecule has 0 aliphatic carbocycles. The van der Waals surface area contributed by atoms with Gasteiger partial charge >= 0.3 is 0 Å². The molecule has 0 aliphatic heterocycles. The van der Waals surface area contributed by atoms with E-state index >= 15 is 0 Å². The zero-order valence-electron chi connectivity index (χ0n) is 34.6. The van der Waals surface area contributed by atoms with Gasteiger partial charge in [0.05, 0.1) is 22.1 Å². The van der Waals surface area contributed by atoms with Crippen LogP contribution in [-0.4, -0.2) is 17.2 Å². The third-order valence-electron chi connectivity index (χ3n) is 13.0. The molecule has 0 N–H and O–H groups in total. The van der Waals surface area contributed by atoms with Crippen LogP contribution in [0.15, 0.2) is 255 Å². The van der Waals surface area contributed by atoms with E-state index in [-0.39, 0.29) is 0 Å². The normalized spacial score (nSPS) is 11.8. The Hall–Kier alpha value is -7.98. The third-order valence-corrected chi connectivity index (χ3v) is 17.9. The van der Waals surface area contributed by atoms with Crippen molar-refractivity contribution in [2.75, 3.05) is 0 Å². The molecule has 0 saturated heterocycles. The molecule has 0 spiro atoms. The summed E-state index contributed by atoms with van der Waals surface area (Å²) in [6.07, 6.45) is 0. The molecule has 10 aromatic carbocycles. The zero-order chi connectivity index (χ0) is 41.7. The van der Waals surface area contributed by atoms with Gasteiger partial charge in [-0.2, -0.15) is 0 Å². The van der Waals surface area contributed by atoms with Gasteiger partial charge in [0, 0.05) is 32.9 Å². The molecular formula is C60H42N2Si. The van der Waals surface area contributed by atoms with Crippen LogP contribution in [0.4, 0.5) is 0 Å². The van der Waals surface area contributed by atoms with Crippen molar-refractivity contribution in [3.63, 3.8) is 0 Å². The number of para-hydroxylation sites is 3. The van der Waals surface area contributed by atoms with E-state index in [1.165, 1.54) is 86.6 Å².